The lowest BCUT2D eigenvalue weighted by molar-refractivity contribution is 0.0888. The summed E-state index contributed by atoms with van der Waals surface area (Å²) in [6.07, 6.45) is 4.69. The van der Waals surface area contributed by atoms with Crippen molar-refractivity contribution in [2.45, 2.75) is 58.1 Å². The summed E-state index contributed by atoms with van der Waals surface area (Å²) in [4.78, 5) is 12.4. The Morgan fingerprint density at radius 1 is 1.18 bits per heavy atom. The van der Waals surface area contributed by atoms with Gasteiger partial charge in [0.2, 0.25) is 0 Å². The molecule has 6 nitrogen and oxygen atoms in total. The number of carbonyl (C=O) groups is 1. The van der Waals surface area contributed by atoms with Crippen LogP contribution in [0.15, 0.2) is 30.3 Å². The lowest BCUT2D eigenvalue weighted by Gasteiger charge is -2.29. The van der Waals surface area contributed by atoms with Crippen LogP contribution in [-0.4, -0.2) is 34.8 Å². The summed E-state index contributed by atoms with van der Waals surface area (Å²) < 4.78 is 6.05. The van der Waals surface area contributed by atoms with Crippen molar-refractivity contribution in [3.63, 3.8) is 0 Å². The second-order valence-corrected chi connectivity index (χ2v) is 7.61. The van der Waals surface area contributed by atoms with Gasteiger partial charge in [0.25, 0.3) is 5.91 Å². The average molecular weight is 403 g/mol. The van der Waals surface area contributed by atoms with Crippen LogP contribution in [0, 0.1) is 6.92 Å². The van der Waals surface area contributed by atoms with E-state index < -0.39 is 0 Å². The Morgan fingerprint density at radius 2 is 1.96 bits per heavy atom. The molecule has 1 aromatic carbocycles. The second kappa shape index (κ2) is 9.73. The van der Waals surface area contributed by atoms with Crippen molar-refractivity contribution in [3.8, 4) is 5.75 Å². The first kappa shape index (κ1) is 20.4. The number of benzene rings is 1. The van der Waals surface area contributed by atoms with Crippen LogP contribution in [0.2, 0.25) is 5.02 Å². The molecule has 150 valence electrons. The first-order chi connectivity index (χ1) is 13.5. The fourth-order valence-electron chi connectivity index (χ4n) is 3.22. The predicted molar refractivity (Wildman–Crippen MR) is 111 cm³/mol. The molecule has 1 amide bonds. The number of hydrogen-bond acceptors (Lipinski definition) is 5. The van der Waals surface area contributed by atoms with Gasteiger partial charge >= 0.3 is 0 Å². The van der Waals surface area contributed by atoms with Gasteiger partial charge in [-0.3, -0.25) is 4.79 Å². The summed E-state index contributed by atoms with van der Waals surface area (Å²) >= 11 is 6.16. The van der Waals surface area contributed by atoms with E-state index in [-0.39, 0.29) is 18.1 Å². The van der Waals surface area contributed by atoms with Gasteiger partial charge in [-0.1, -0.05) is 24.6 Å². The number of nitrogens with one attached hydrogen (secondary N) is 2. The van der Waals surface area contributed by atoms with Crippen molar-refractivity contribution >= 4 is 23.3 Å². The SMILES string of the molecule is CCCNc1ccc(C(=O)N[C@H]2CC[C@H](Oc3ccc(C)c(Cl)c3)CC2)nn1. The van der Waals surface area contributed by atoms with Gasteiger partial charge in [-0.2, -0.15) is 0 Å². The van der Waals surface area contributed by atoms with E-state index in [2.05, 4.69) is 27.8 Å². The lowest BCUT2D eigenvalue weighted by atomic mass is 9.93. The highest BCUT2D eigenvalue weighted by Gasteiger charge is 2.24. The van der Waals surface area contributed by atoms with Crippen molar-refractivity contribution in [3.05, 3.63) is 46.6 Å². The number of halogens is 1. The van der Waals surface area contributed by atoms with Crippen molar-refractivity contribution in [2.75, 3.05) is 11.9 Å². The van der Waals surface area contributed by atoms with Crippen molar-refractivity contribution < 1.29 is 9.53 Å². The molecule has 3 rings (SSSR count). The Bertz CT molecular complexity index is 789. The van der Waals surface area contributed by atoms with Gasteiger partial charge in [0.05, 0.1) is 6.10 Å². The van der Waals surface area contributed by atoms with Crippen molar-refractivity contribution in [2.24, 2.45) is 0 Å². The second-order valence-electron chi connectivity index (χ2n) is 7.21. The van der Waals surface area contributed by atoms with Gasteiger partial charge in [-0.05, 0) is 68.9 Å². The molecule has 0 aliphatic heterocycles. The molecular formula is C21H27ClN4O2. The number of nitrogens with zero attached hydrogens (tertiary/aromatic N) is 2. The summed E-state index contributed by atoms with van der Waals surface area (Å²) in [6, 6.07) is 9.40. The van der Waals surface area contributed by atoms with Gasteiger partial charge < -0.3 is 15.4 Å². The van der Waals surface area contributed by atoms with Gasteiger partial charge in [-0.15, -0.1) is 10.2 Å². The fraction of sp³-hybridized carbons (Fsp3) is 0.476. The van der Waals surface area contributed by atoms with E-state index in [0.717, 1.165) is 55.0 Å². The number of hydrogen-bond donors (Lipinski definition) is 2. The van der Waals surface area contributed by atoms with E-state index in [1.54, 1.807) is 12.1 Å². The van der Waals surface area contributed by atoms with E-state index in [9.17, 15) is 4.79 Å². The Labute approximate surface area is 171 Å². The third-order valence-corrected chi connectivity index (χ3v) is 5.32. The molecule has 1 aromatic heterocycles. The molecule has 1 heterocycles. The van der Waals surface area contributed by atoms with E-state index in [1.165, 1.54) is 0 Å². The Kier molecular flexibility index (Phi) is 7.09. The molecule has 0 radical (unpaired) electrons. The number of amides is 1. The van der Waals surface area contributed by atoms with Crippen molar-refractivity contribution in [1.82, 2.24) is 15.5 Å². The minimum atomic E-state index is -0.177. The predicted octanol–water partition coefficient (Wildman–Crippen LogP) is 4.38. The highest BCUT2D eigenvalue weighted by Crippen LogP contribution is 2.27. The largest absolute Gasteiger partial charge is 0.490 e. The van der Waals surface area contributed by atoms with Crippen LogP contribution in [0.1, 0.15) is 55.1 Å². The van der Waals surface area contributed by atoms with Crippen LogP contribution in [0.3, 0.4) is 0 Å². The van der Waals surface area contributed by atoms with Gasteiger partial charge in [0, 0.05) is 17.6 Å². The molecule has 1 aliphatic rings. The normalized spacial score (nSPS) is 19.1. The maximum Gasteiger partial charge on any atom is 0.272 e. The lowest BCUT2D eigenvalue weighted by Crippen LogP contribution is -2.40. The molecule has 0 unspecified atom stereocenters. The number of aryl methyl sites for hydroxylation is 1. The van der Waals surface area contributed by atoms with Gasteiger partial charge in [0.1, 0.15) is 11.6 Å². The molecule has 1 saturated carbocycles. The monoisotopic (exact) mass is 402 g/mol. The standard InChI is InChI=1S/C21H27ClN4O2/c1-3-12-23-20-11-10-19(25-26-20)21(27)24-15-5-8-16(9-6-15)28-17-7-4-14(2)18(22)13-17/h4,7,10-11,13,15-16H,3,5-6,8-9,12H2,1-2H3,(H,23,26)(H,24,27)/t15-,16-. The first-order valence-electron chi connectivity index (χ1n) is 9.86. The van der Waals surface area contributed by atoms with E-state index >= 15 is 0 Å². The molecule has 28 heavy (non-hydrogen) atoms. The van der Waals surface area contributed by atoms with Crippen LogP contribution in [-0.2, 0) is 0 Å². The van der Waals surface area contributed by atoms with Gasteiger partial charge in [0.15, 0.2) is 5.69 Å². The molecule has 7 heteroatoms. The Hall–Kier alpha value is -2.34. The third kappa shape index (κ3) is 5.58. The van der Waals surface area contributed by atoms with Crippen LogP contribution < -0.4 is 15.4 Å². The average Bonchev–Trinajstić information content (AvgIpc) is 2.71. The smallest absolute Gasteiger partial charge is 0.272 e. The summed E-state index contributed by atoms with van der Waals surface area (Å²) in [5.74, 6) is 1.31. The summed E-state index contributed by atoms with van der Waals surface area (Å²) in [5, 5.41) is 15.0. The molecule has 2 N–H and O–H groups in total. The fourth-order valence-corrected chi connectivity index (χ4v) is 3.39. The number of anilines is 1. The molecule has 0 spiro atoms. The van der Waals surface area contributed by atoms with Crippen LogP contribution in [0.25, 0.3) is 0 Å². The number of rotatable bonds is 7. The van der Waals surface area contributed by atoms with E-state index in [1.807, 2.05) is 25.1 Å². The summed E-state index contributed by atoms with van der Waals surface area (Å²) in [6.45, 7) is 4.89. The number of aromatic nitrogens is 2. The molecule has 0 atom stereocenters. The molecule has 2 aromatic rings. The molecular weight excluding hydrogens is 376 g/mol. The maximum absolute atomic E-state index is 12.4. The van der Waals surface area contributed by atoms with Crippen LogP contribution >= 0.6 is 11.6 Å². The molecule has 1 fully saturated rings. The zero-order chi connectivity index (χ0) is 19.9. The minimum Gasteiger partial charge on any atom is -0.490 e. The zero-order valence-electron chi connectivity index (χ0n) is 16.4. The third-order valence-electron chi connectivity index (χ3n) is 4.91. The summed E-state index contributed by atoms with van der Waals surface area (Å²) in [5.41, 5.74) is 1.38. The maximum atomic E-state index is 12.4. The van der Waals surface area contributed by atoms with Crippen molar-refractivity contribution in [1.29, 1.82) is 0 Å². The molecule has 1 aliphatic carbocycles. The zero-order valence-corrected chi connectivity index (χ0v) is 17.1. The number of ether oxygens (including phenoxy) is 1. The van der Waals surface area contributed by atoms with Crippen LogP contribution in [0.4, 0.5) is 5.82 Å². The number of carbonyl (C=O) groups excluding carboxylic acids is 1. The highest BCUT2D eigenvalue weighted by atomic mass is 35.5. The molecule has 0 saturated heterocycles. The highest BCUT2D eigenvalue weighted by molar-refractivity contribution is 6.31. The quantitative estimate of drug-likeness (QED) is 0.718. The molecule has 0 bridgehead atoms. The minimum absolute atomic E-state index is 0.133. The Balaban J connectivity index is 1.45. The van der Waals surface area contributed by atoms with E-state index in [4.69, 9.17) is 16.3 Å². The first-order valence-corrected chi connectivity index (χ1v) is 10.2. The van der Waals surface area contributed by atoms with Gasteiger partial charge in [-0.25, -0.2) is 0 Å². The van der Waals surface area contributed by atoms with Crippen LogP contribution in [0.5, 0.6) is 5.75 Å². The van der Waals surface area contributed by atoms with E-state index in [0.29, 0.717) is 11.5 Å². The topological polar surface area (TPSA) is 76.1 Å². The Morgan fingerprint density at radius 3 is 2.61 bits per heavy atom. The summed E-state index contributed by atoms with van der Waals surface area (Å²) in [7, 11) is 0.